The van der Waals surface area contributed by atoms with Crippen LogP contribution in [0.5, 0.6) is 0 Å². The summed E-state index contributed by atoms with van der Waals surface area (Å²) in [5.74, 6) is 1.76. The lowest BCUT2D eigenvalue weighted by atomic mass is 9.63. The number of carbonyl (C=O) groups is 2. The second kappa shape index (κ2) is 4.22. The molecule has 3 nitrogen and oxygen atoms in total. The zero-order chi connectivity index (χ0) is 15.2. The van der Waals surface area contributed by atoms with Crippen LogP contribution in [-0.4, -0.2) is 11.8 Å². The molecule has 1 heterocycles. The smallest absolute Gasteiger partial charge is 0.238 e. The highest BCUT2D eigenvalue weighted by molar-refractivity contribution is 14.1. The van der Waals surface area contributed by atoms with Gasteiger partial charge < -0.3 is 0 Å². The monoisotopic (exact) mass is 405 g/mol. The fourth-order valence-corrected chi connectivity index (χ4v) is 5.71. The molecule has 22 heavy (non-hydrogen) atoms. The molecule has 0 N–H and O–H groups in total. The fraction of sp³-hybridized carbons (Fsp3) is 0.444. The Morgan fingerprint density at radius 3 is 2.18 bits per heavy atom. The van der Waals surface area contributed by atoms with E-state index in [4.69, 9.17) is 0 Å². The van der Waals surface area contributed by atoms with Crippen LogP contribution in [0.25, 0.3) is 0 Å². The SMILES string of the molecule is Cc1cc(I)ccc1N1C(=O)[C@@H]2[C@H]3C=C[C@@H]([C@@H]4C[C@@H]34)[C@@H]2C1=O. The number of aryl methyl sites for hydroxylation is 1. The number of allylic oxidation sites excluding steroid dienone is 2. The highest BCUT2D eigenvalue weighted by Crippen LogP contribution is 2.65. The highest BCUT2D eigenvalue weighted by atomic mass is 127. The van der Waals surface area contributed by atoms with Crippen LogP contribution in [0.2, 0.25) is 0 Å². The lowest BCUT2D eigenvalue weighted by molar-refractivity contribution is -0.124. The quantitative estimate of drug-likeness (QED) is 0.409. The van der Waals surface area contributed by atoms with Crippen LogP contribution in [0.3, 0.4) is 0 Å². The molecule has 1 saturated heterocycles. The number of rotatable bonds is 1. The summed E-state index contributed by atoms with van der Waals surface area (Å²) in [6, 6.07) is 5.92. The van der Waals surface area contributed by atoms with Gasteiger partial charge in [-0.3, -0.25) is 9.59 Å². The number of nitrogens with zero attached hydrogens (tertiary/aromatic N) is 1. The first-order valence-corrected chi connectivity index (χ1v) is 8.98. The third-order valence-electron chi connectivity index (χ3n) is 6.06. The van der Waals surface area contributed by atoms with Gasteiger partial charge in [-0.1, -0.05) is 12.2 Å². The van der Waals surface area contributed by atoms with Crippen molar-refractivity contribution >= 4 is 40.1 Å². The molecule has 2 bridgehead atoms. The molecule has 0 spiro atoms. The van der Waals surface area contributed by atoms with Gasteiger partial charge in [-0.2, -0.15) is 0 Å². The van der Waals surface area contributed by atoms with E-state index in [1.807, 2.05) is 25.1 Å². The third-order valence-corrected chi connectivity index (χ3v) is 6.73. The Morgan fingerprint density at radius 1 is 1.05 bits per heavy atom. The number of hydrogen-bond donors (Lipinski definition) is 0. The lowest BCUT2D eigenvalue weighted by Gasteiger charge is -2.37. The predicted molar refractivity (Wildman–Crippen MR) is 91.1 cm³/mol. The summed E-state index contributed by atoms with van der Waals surface area (Å²) >= 11 is 2.26. The molecule has 0 aromatic heterocycles. The van der Waals surface area contributed by atoms with Crippen molar-refractivity contribution in [2.45, 2.75) is 13.3 Å². The van der Waals surface area contributed by atoms with E-state index in [1.54, 1.807) is 0 Å². The number of amides is 2. The van der Waals surface area contributed by atoms with Crippen molar-refractivity contribution in [1.29, 1.82) is 0 Å². The van der Waals surface area contributed by atoms with Gasteiger partial charge in [0, 0.05) is 3.57 Å². The molecule has 1 aliphatic heterocycles. The number of imide groups is 1. The summed E-state index contributed by atoms with van der Waals surface area (Å²) in [7, 11) is 0. The van der Waals surface area contributed by atoms with E-state index in [0.717, 1.165) is 14.8 Å². The topological polar surface area (TPSA) is 37.4 Å². The lowest BCUT2D eigenvalue weighted by Crippen LogP contribution is -2.40. The van der Waals surface area contributed by atoms with Gasteiger partial charge in [0.25, 0.3) is 0 Å². The van der Waals surface area contributed by atoms with E-state index in [-0.39, 0.29) is 23.7 Å². The molecule has 2 amide bonds. The molecular weight excluding hydrogens is 389 g/mol. The molecule has 4 aliphatic carbocycles. The molecule has 1 aromatic carbocycles. The van der Waals surface area contributed by atoms with E-state index in [0.29, 0.717) is 23.7 Å². The van der Waals surface area contributed by atoms with Gasteiger partial charge in [0.2, 0.25) is 11.8 Å². The Labute approximate surface area is 142 Å². The van der Waals surface area contributed by atoms with Crippen molar-refractivity contribution in [3.8, 4) is 0 Å². The van der Waals surface area contributed by atoms with Crippen LogP contribution < -0.4 is 4.90 Å². The van der Waals surface area contributed by atoms with Crippen LogP contribution in [0.1, 0.15) is 12.0 Å². The first-order chi connectivity index (χ1) is 10.6. The fourth-order valence-electron chi connectivity index (χ4n) is 5.06. The first kappa shape index (κ1) is 13.3. The van der Waals surface area contributed by atoms with Crippen molar-refractivity contribution in [2.24, 2.45) is 35.5 Å². The second-order valence-corrected chi connectivity index (χ2v) is 8.34. The summed E-state index contributed by atoms with van der Waals surface area (Å²) in [6.45, 7) is 1.98. The Hall–Kier alpha value is -1.17. The van der Waals surface area contributed by atoms with E-state index in [2.05, 4.69) is 34.7 Å². The van der Waals surface area contributed by atoms with Gasteiger partial charge in [-0.05, 0) is 83.4 Å². The van der Waals surface area contributed by atoms with Crippen LogP contribution in [0.4, 0.5) is 5.69 Å². The molecule has 0 unspecified atom stereocenters. The predicted octanol–water partition coefficient (Wildman–Crippen LogP) is 3.16. The van der Waals surface area contributed by atoms with Crippen LogP contribution in [0, 0.1) is 46.0 Å². The molecule has 3 fully saturated rings. The van der Waals surface area contributed by atoms with Crippen molar-refractivity contribution in [2.75, 3.05) is 4.90 Å². The summed E-state index contributed by atoms with van der Waals surface area (Å²) in [4.78, 5) is 27.5. The van der Waals surface area contributed by atoms with Gasteiger partial charge in [-0.25, -0.2) is 4.90 Å². The Balaban J connectivity index is 1.60. The van der Waals surface area contributed by atoms with Gasteiger partial charge in [0.15, 0.2) is 0 Å². The highest BCUT2D eigenvalue weighted by Gasteiger charge is 2.67. The van der Waals surface area contributed by atoms with E-state index in [9.17, 15) is 9.59 Å². The minimum absolute atomic E-state index is 0.0315. The van der Waals surface area contributed by atoms with Crippen molar-refractivity contribution < 1.29 is 9.59 Å². The average Bonchev–Trinajstić information content (AvgIpc) is 3.26. The zero-order valence-corrected chi connectivity index (χ0v) is 14.4. The molecule has 4 heteroatoms. The first-order valence-electron chi connectivity index (χ1n) is 7.90. The van der Waals surface area contributed by atoms with E-state index >= 15 is 0 Å². The Kier molecular flexibility index (Phi) is 2.55. The third kappa shape index (κ3) is 1.52. The molecule has 2 saturated carbocycles. The molecule has 5 aliphatic rings. The summed E-state index contributed by atoms with van der Waals surface area (Å²) < 4.78 is 1.12. The van der Waals surface area contributed by atoms with Crippen molar-refractivity contribution in [3.63, 3.8) is 0 Å². The molecule has 0 radical (unpaired) electrons. The van der Waals surface area contributed by atoms with Crippen LogP contribution in [0.15, 0.2) is 30.4 Å². The molecule has 1 aromatic rings. The maximum Gasteiger partial charge on any atom is 0.238 e. The molecule has 112 valence electrons. The molecular formula is C18H16INO2. The standard InChI is InChI=1S/C18H16INO2/c1-8-6-9(19)2-5-14(8)20-17(21)15-10-3-4-11(13-7-12(10)13)16(15)18(20)22/h2-6,10-13,15-16H,7H2,1H3/t10-,11-,12-,13-,15-,16+/m0/s1. The second-order valence-electron chi connectivity index (χ2n) is 7.10. The van der Waals surface area contributed by atoms with Crippen molar-refractivity contribution in [1.82, 2.24) is 0 Å². The summed E-state index contributed by atoms with van der Waals surface area (Å²) in [5.41, 5.74) is 1.77. The van der Waals surface area contributed by atoms with Gasteiger partial charge >= 0.3 is 0 Å². The maximum atomic E-state index is 13.0. The number of anilines is 1. The number of halogens is 1. The van der Waals surface area contributed by atoms with Gasteiger partial charge in [0.1, 0.15) is 0 Å². The normalized spacial score (nSPS) is 40.9. The largest absolute Gasteiger partial charge is 0.274 e. The number of carbonyl (C=O) groups excluding carboxylic acids is 2. The van der Waals surface area contributed by atoms with Gasteiger partial charge in [-0.15, -0.1) is 0 Å². The molecule has 6 atom stereocenters. The van der Waals surface area contributed by atoms with E-state index < -0.39 is 0 Å². The van der Waals surface area contributed by atoms with E-state index in [1.165, 1.54) is 11.3 Å². The minimum atomic E-state index is -0.107. The minimum Gasteiger partial charge on any atom is -0.274 e. The summed E-state index contributed by atoms with van der Waals surface area (Å²) in [6.07, 6.45) is 5.64. The Morgan fingerprint density at radius 2 is 1.64 bits per heavy atom. The maximum absolute atomic E-state index is 13.0. The number of benzene rings is 1. The average molecular weight is 405 g/mol. The molecule has 6 rings (SSSR count). The van der Waals surface area contributed by atoms with Gasteiger partial charge in [0.05, 0.1) is 17.5 Å². The zero-order valence-electron chi connectivity index (χ0n) is 12.2. The van der Waals surface area contributed by atoms with Crippen molar-refractivity contribution in [3.05, 3.63) is 39.5 Å². The van der Waals surface area contributed by atoms with Crippen LogP contribution in [-0.2, 0) is 9.59 Å². The van der Waals surface area contributed by atoms with Crippen LogP contribution >= 0.6 is 22.6 Å². The number of hydrogen-bond acceptors (Lipinski definition) is 2. The Bertz CT molecular complexity index is 719. The summed E-state index contributed by atoms with van der Waals surface area (Å²) in [5, 5.41) is 0.